The van der Waals surface area contributed by atoms with Crippen molar-refractivity contribution in [3.05, 3.63) is 29.3 Å². The van der Waals surface area contributed by atoms with E-state index in [1.807, 2.05) is 15.6 Å². The molecule has 0 spiro atoms. The van der Waals surface area contributed by atoms with Crippen LogP contribution in [0.1, 0.15) is 66.3 Å². The second kappa shape index (κ2) is 6.39. The molecule has 0 saturated heterocycles. The highest BCUT2D eigenvalue weighted by Gasteiger charge is 2.26. The van der Waals surface area contributed by atoms with Crippen LogP contribution < -0.4 is 11.1 Å². The van der Waals surface area contributed by atoms with E-state index in [-0.39, 0.29) is 12.5 Å². The van der Waals surface area contributed by atoms with Gasteiger partial charge in [0, 0.05) is 19.3 Å². The summed E-state index contributed by atoms with van der Waals surface area (Å²) in [7, 11) is 0. The van der Waals surface area contributed by atoms with Crippen molar-refractivity contribution in [2.45, 2.75) is 64.1 Å². The first-order valence-corrected chi connectivity index (χ1v) is 8.90. The largest absolute Gasteiger partial charge is 0.325 e. The quantitative estimate of drug-likeness (QED) is 0.900. The van der Waals surface area contributed by atoms with Gasteiger partial charge in [-0.15, -0.1) is 0 Å². The molecule has 1 aliphatic heterocycles. The van der Waals surface area contributed by atoms with Gasteiger partial charge in [0.05, 0.1) is 34.9 Å². The molecule has 4 rings (SSSR count). The van der Waals surface area contributed by atoms with Crippen LogP contribution in [-0.4, -0.2) is 25.5 Å². The molecule has 0 atom stereocenters. The fraction of sp³-hybridized carbons (Fsp3) is 0.588. The van der Waals surface area contributed by atoms with Crippen molar-refractivity contribution in [3.63, 3.8) is 0 Å². The Morgan fingerprint density at radius 3 is 2.92 bits per heavy atom. The van der Waals surface area contributed by atoms with Crippen LogP contribution in [0.5, 0.6) is 0 Å². The first-order chi connectivity index (χ1) is 11.8. The molecule has 0 unspecified atom stereocenters. The Bertz CT molecular complexity index is 740. The van der Waals surface area contributed by atoms with Crippen molar-refractivity contribution >= 4 is 11.6 Å². The van der Waals surface area contributed by atoms with Gasteiger partial charge >= 0.3 is 0 Å². The number of carbonyl (C=O) groups excluding carboxylic acids is 1. The van der Waals surface area contributed by atoms with Gasteiger partial charge in [0.15, 0.2) is 0 Å². The van der Waals surface area contributed by atoms with E-state index in [0.717, 1.165) is 30.8 Å². The number of fused-ring (bicyclic) bond motifs is 1. The topological polar surface area (TPSA) is 90.8 Å². The maximum atomic E-state index is 12.7. The number of hydrogen-bond acceptors (Lipinski definition) is 4. The lowest BCUT2D eigenvalue weighted by Crippen LogP contribution is -2.16. The molecule has 1 aliphatic carbocycles. The van der Waals surface area contributed by atoms with E-state index >= 15 is 0 Å². The molecule has 1 fully saturated rings. The minimum Gasteiger partial charge on any atom is -0.325 e. The van der Waals surface area contributed by atoms with Gasteiger partial charge in [0.1, 0.15) is 0 Å². The summed E-state index contributed by atoms with van der Waals surface area (Å²) in [6.45, 7) is 1.15. The molecule has 1 amide bonds. The number of carbonyl (C=O) groups is 1. The lowest BCUT2D eigenvalue weighted by molar-refractivity contribution is 0.102. The van der Waals surface area contributed by atoms with Crippen LogP contribution in [0, 0.1) is 0 Å². The Balaban J connectivity index is 1.52. The first-order valence-electron chi connectivity index (χ1n) is 8.90. The number of nitrogens with one attached hydrogen (secondary N) is 1. The van der Waals surface area contributed by atoms with E-state index in [4.69, 9.17) is 5.73 Å². The highest BCUT2D eigenvalue weighted by Crippen LogP contribution is 2.28. The van der Waals surface area contributed by atoms with Gasteiger partial charge in [0.2, 0.25) is 0 Å². The number of rotatable bonds is 4. The van der Waals surface area contributed by atoms with E-state index < -0.39 is 0 Å². The summed E-state index contributed by atoms with van der Waals surface area (Å²) in [5, 5.41) is 11.9. The van der Waals surface area contributed by atoms with Crippen LogP contribution in [0.2, 0.25) is 0 Å². The standard InChI is InChI=1S/C17H24N6O/c18-9-14-16(15-7-4-8-22(15)21-14)17(24)20-12-10-19-23(11-12)13-5-2-1-3-6-13/h10-11,13H,1-9,18H2,(H,20,24). The molecule has 0 bridgehead atoms. The number of aryl methyl sites for hydroxylation is 1. The predicted molar refractivity (Wildman–Crippen MR) is 90.7 cm³/mol. The van der Waals surface area contributed by atoms with Crippen LogP contribution in [0.15, 0.2) is 12.4 Å². The van der Waals surface area contributed by atoms with E-state index in [2.05, 4.69) is 15.5 Å². The summed E-state index contributed by atoms with van der Waals surface area (Å²) in [4.78, 5) is 12.7. The first kappa shape index (κ1) is 15.4. The summed E-state index contributed by atoms with van der Waals surface area (Å²) in [6.07, 6.45) is 11.8. The minimum atomic E-state index is -0.123. The molecule has 0 aromatic carbocycles. The molecule has 0 radical (unpaired) electrons. The number of aromatic nitrogens is 4. The average Bonchev–Trinajstić information content (AvgIpc) is 3.30. The van der Waals surface area contributed by atoms with Crippen LogP contribution >= 0.6 is 0 Å². The van der Waals surface area contributed by atoms with Crippen LogP contribution in [0.3, 0.4) is 0 Å². The smallest absolute Gasteiger partial charge is 0.259 e. The zero-order valence-electron chi connectivity index (χ0n) is 13.9. The van der Waals surface area contributed by atoms with Crippen LogP contribution in [0.4, 0.5) is 5.69 Å². The zero-order chi connectivity index (χ0) is 16.5. The van der Waals surface area contributed by atoms with Crippen molar-refractivity contribution in [1.82, 2.24) is 19.6 Å². The minimum absolute atomic E-state index is 0.123. The normalized spacial score (nSPS) is 17.9. The summed E-state index contributed by atoms with van der Waals surface area (Å²) in [5.41, 5.74) is 8.86. The van der Waals surface area contributed by atoms with Gasteiger partial charge in [-0.2, -0.15) is 10.2 Å². The Labute approximate surface area is 141 Å². The lowest BCUT2D eigenvalue weighted by atomic mass is 9.96. The Morgan fingerprint density at radius 2 is 2.12 bits per heavy atom. The van der Waals surface area contributed by atoms with E-state index in [0.29, 0.717) is 17.3 Å². The number of hydrogen-bond donors (Lipinski definition) is 2. The third-order valence-electron chi connectivity index (χ3n) is 5.14. The summed E-state index contributed by atoms with van der Waals surface area (Å²) in [5.74, 6) is -0.123. The SMILES string of the molecule is NCc1nn2c(c1C(=O)Nc1cnn(C3CCCCC3)c1)CCC2. The van der Waals surface area contributed by atoms with E-state index in [1.165, 1.54) is 32.1 Å². The zero-order valence-corrected chi connectivity index (χ0v) is 13.9. The van der Waals surface area contributed by atoms with Crippen LogP contribution in [0.25, 0.3) is 0 Å². The maximum Gasteiger partial charge on any atom is 0.259 e. The molecule has 3 heterocycles. The molecular weight excluding hydrogens is 304 g/mol. The van der Waals surface area contributed by atoms with Gasteiger partial charge < -0.3 is 11.1 Å². The monoisotopic (exact) mass is 328 g/mol. The molecule has 24 heavy (non-hydrogen) atoms. The highest BCUT2D eigenvalue weighted by atomic mass is 16.1. The van der Waals surface area contributed by atoms with Crippen LogP contribution in [-0.2, 0) is 19.5 Å². The van der Waals surface area contributed by atoms with E-state index in [1.54, 1.807) is 6.20 Å². The van der Waals surface area contributed by atoms with Gasteiger partial charge in [-0.1, -0.05) is 19.3 Å². The molecule has 2 aromatic heterocycles. The van der Waals surface area contributed by atoms with Crippen molar-refractivity contribution in [2.24, 2.45) is 5.73 Å². The van der Waals surface area contributed by atoms with Crippen molar-refractivity contribution in [3.8, 4) is 0 Å². The number of nitrogens with zero attached hydrogens (tertiary/aromatic N) is 4. The molecule has 2 aliphatic rings. The second-order valence-electron chi connectivity index (χ2n) is 6.75. The number of anilines is 1. The van der Waals surface area contributed by atoms with Gasteiger partial charge in [-0.05, 0) is 25.7 Å². The molecule has 7 heteroatoms. The van der Waals surface area contributed by atoms with Crippen molar-refractivity contribution in [1.29, 1.82) is 0 Å². The summed E-state index contributed by atoms with van der Waals surface area (Å²) < 4.78 is 3.92. The molecule has 128 valence electrons. The third kappa shape index (κ3) is 2.73. The molecular formula is C17H24N6O. The van der Waals surface area contributed by atoms with Crippen molar-refractivity contribution in [2.75, 3.05) is 5.32 Å². The Hall–Kier alpha value is -2.15. The third-order valence-corrected chi connectivity index (χ3v) is 5.14. The molecule has 2 aromatic rings. The molecule has 7 nitrogen and oxygen atoms in total. The average molecular weight is 328 g/mol. The fourth-order valence-corrected chi connectivity index (χ4v) is 3.93. The lowest BCUT2D eigenvalue weighted by Gasteiger charge is -2.21. The van der Waals surface area contributed by atoms with Crippen molar-refractivity contribution < 1.29 is 4.79 Å². The predicted octanol–water partition coefficient (Wildman–Crippen LogP) is 2.24. The van der Waals surface area contributed by atoms with Gasteiger partial charge in [0.25, 0.3) is 5.91 Å². The van der Waals surface area contributed by atoms with Gasteiger partial charge in [-0.25, -0.2) is 0 Å². The second-order valence-corrected chi connectivity index (χ2v) is 6.75. The Morgan fingerprint density at radius 1 is 1.29 bits per heavy atom. The van der Waals surface area contributed by atoms with Gasteiger partial charge in [-0.3, -0.25) is 14.2 Å². The molecule has 3 N–H and O–H groups in total. The molecule has 1 saturated carbocycles. The fourth-order valence-electron chi connectivity index (χ4n) is 3.93. The summed E-state index contributed by atoms with van der Waals surface area (Å²) in [6, 6.07) is 0.462. The number of amides is 1. The van der Waals surface area contributed by atoms with E-state index in [9.17, 15) is 4.79 Å². The number of nitrogens with two attached hydrogens (primary N) is 1. The summed E-state index contributed by atoms with van der Waals surface area (Å²) >= 11 is 0. The highest BCUT2D eigenvalue weighted by molar-refractivity contribution is 6.05. The maximum absolute atomic E-state index is 12.7. The Kier molecular flexibility index (Phi) is 4.10.